The fourth-order valence-corrected chi connectivity index (χ4v) is 5.34. The Morgan fingerprint density at radius 2 is 1.69 bits per heavy atom. The molecule has 1 aromatic rings. The highest BCUT2D eigenvalue weighted by atomic mass is 16.2. The second-order valence-electron chi connectivity index (χ2n) is 8.99. The zero-order valence-electron chi connectivity index (χ0n) is 17.4. The molecular formula is C23H34N4O2. The van der Waals surface area contributed by atoms with Crippen LogP contribution >= 0.6 is 0 Å². The van der Waals surface area contributed by atoms with Gasteiger partial charge < -0.3 is 15.5 Å². The van der Waals surface area contributed by atoms with Crippen molar-refractivity contribution in [2.45, 2.75) is 51.0 Å². The summed E-state index contributed by atoms with van der Waals surface area (Å²) >= 11 is 0. The molecule has 2 amide bonds. The van der Waals surface area contributed by atoms with Gasteiger partial charge in [0.2, 0.25) is 11.8 Å². The predicted octanol–water partition coefficient (Wildman–Crippen LogP) is 2.24. The van der Waals surface area contributed by atoms with E-state index in [4.69, 9.17) is 5.73 Å². The minimum Gasteiger partial charge on any atom is -0.340 e. The lowest BCUT2D eigenvalue weighted by Gasteiger charge is -2.40. The maximum atomic E-state index is 13.0. The summed E-state index contributed by atoms with van der Waals surface area (Å²) in [4.78, 5) is 32.1. The van der Waals surface area contributed by atoms with Crippen LogP contribution in [-0.4, -0.2) is 66.9 Å². The van der Waals surface area contributed by atoms with E-state index in [-0.39, 0.29) is 23.3 Å². The first-order chi connectivity index (χ1) is 14.1. The molecule has 2 heterocycles. The van der Waals surface area contributed by atoms with Crippen LogP contribution in [-0.2, 0) is 9.59 Å². The van der Waals surface area contributed by atoms with E-state index in [1.165, 1.54) is 19.3 Å². The van der Waals surface area contributed by atoms with Crippen molar-refractivity contribution in [2.24, 2.45) is 11.1 Å². The number of carbonyl (C=O) groups is 2. The van der Waals surface area contributed by atoms with E-state index < -0.39 is 0 Å². The largest absolute Gasteiger partial charge is 0.340 e. The fourth-order valence-electron chi connectivity index (χ4n) is 5.34. The molecule has 29 heavy (non-hydrogen) atoms. The molecule has 1 aromatic carbocycles. The Morgan fingerprint density at radius 1 is 1.00 bits per heavy atom. The average molecular weight is 399 g/mol. The Morgan fingerprint density at radius 3 is 2.34 bits per heavy atom. The summed E-state index contributed by atoms with van der Waals surface area (Å²) in [6.07, 6.45) is 7.28. The van der Waals surface area contributed by atoms with Crippen LogP contribution in [0.4, 0.5) is 5.69 Å². The molecule has 3 aliphatic rings. The van der Waals surface area contributed by atoms with E-state index in [1.54, 1.807) is 0 Å². The molecule has 4 rings (SSSR count). The normalized spacial score (nSPS) is 25.4. The fraction of sp³-hybridized carbons (Fsp3) is 0.652. The number of amides is 2. The lowest BCUT2D eigenvalue weighted by atomic mass is 9.71. The van der Waals surface area contributed by atoms with Crippen LogP contribution in [0.1, 0.15) is 44.9 Å². The van der Waals surface area contributed by atoms with Crippen LogP contribution in [0, 0.1) is 5.41 Å². The summed E-state index contributed by atoms with van der Waals surface area (Å²) in [7, 11) is 0. The standard InChI is InChI=1S/C23H34N4O2/c24-18-23(10-5-2-6-11-23)17-21(28)26-15-13-25(14-16-26)20-9-12-27(22(20)29)19-7-3-1-4-8-19/h1,3-4,7-8,20H,2,5-6,9-18,24H2. The maximum Gasteiger partial charge on any atom is 0.244 e. The lowest BCUT2D eigenvalue weighted by Crippen LogP contribution is -2.54. The van der Waals surface area contributed by atoms with Crippen LogP contribution in [0.2, 0.25) is 0 Å². The van der Waals surface area contributed by atoms with Crippen LogP contribution in [0.25, 0.3) is 0 Å². The number of piperazine rings is 1. The number of carbonyl (C=O) groups excluding carboxylic acids is 2. The van der Waals surface area contributed by atoms with Gasteiger partial charge >= 0.3 is 0 Å². The SMILES string of the molecule is NCC1(CC(=O)N2CCN(C3CCN(c4ccccc4)C3=O)CC2)CCCCC1. The molecule has 2 aliphatic heterocycles. The zero-order valence-corrected chi connectivity index (χ0v) is 17.4. The van der Waals surface area contributed by atoms with Crippen molar-refractivity contribution >= 4 is 17.5 Å². The summed E-state index contributed by atoms with van der Waals surface area (Å²) in [5, 5.41) is 0. The van der Waals surface area contributed by atoms with Gasteiger partial charge in [0.05, 0.1) is 6.04 Å². The van der Waals surface area contributed by atoms with Crippen LogP contribution in [0.3, 0.4) is 0 Å². The summed E-state index contributed by atoms with van der Waals surface area (Å²) in [5.74, 6) is 0.445. The molecule has 0 aromatic heterocycles. The van der Waals surface area contributed by atoms with E-state index in [0.29, 0.717) is 26.1 Å². The third kappa shape index (κ3) is 4.33. The molecule has 2 N–H and O–H groups in total. The number of hydrogen-bond donors (Lipinski definition) is 1. The van der Waals surface area contributed by atoms with Gasteiger partial charge in [0.1, 0.15) is 0 Å². The number of hydrogen-bond acceptors (Lipinski definition) is 4. The predicted molar refractivity (Wildman–Crippen MR) is 115 cm³/mol. The van der Waals surface area contributed by atoms with Crippen LogP contribution in [0.15, 0.2) is 30.3 Å². The van der Waals surface area contributed by atoms with Crippen molar-refractivity contribution in [2.75, 3.05) is 44.2 Å². The highest BCUT2D eigenvalue weighted by Crippen LogP contribution is 2.39. The molecule has 1 aliphatic carbocycles. The summed E-state index contributed by atoms with van der Waals surface area (Å²) in [5.41, 5.74) is 7.07. The Bertz CT molecular complexity index is 709. The number of nitrogens with zero attached hydrogens (tertiary/aromatic N) is 3. The molecule has 1 atom stereocenters. The molecule has 6 heteroatoms. The minimum absolute atomic E-state index is 0.0179. The van der Waals surface area contributed by atoms with Crippen molar-refractivity contribution in [1.82, 2.24) is 9.80 Å². The zero-order chi connectivity index (χ0) is 20.3. The van der Waals surface area contributed by atoms with E-state index >= 15 is 0 Å². The molecule has 1 saturated carbocycles. The number of para-hydroxylation sites is 1. The summed E-state index contributed by atoms with van der Waals surface area (Å²) < 4.78 is 0. The van der Waals surface area contributed by atoms with Gasteiger partial charge in [-0.15, -0.1) is 0 Å². The van der Waals surface area contributed by atoms with E-state index in [2.05, 4.69) is 4.90 Å². The Hall–Kier alpha value is -1.92. The highest BCUT2D eigenvalue weighted by Gasteiger charge is 2.39. The minimum atomic E-state index is -0.0545. The van der Waals surface area contributed by atoms with Gasteiger partial charge in [-0.05, 0) is 43.4 Å². The molecular weight excluding hydrogens is 364 g/mol. The summed E-state index contributed by atoms with van der Waals surface area (Å²) in [6.45, 7) is 4.38. The molecule has 3 fully saturated rings. The molecule has 0 spiro atoms. The molecule has 0 radical (unpaired) electrons. The summed E-state index contributed by atoms with van der Waals surface area (Å²) in [6, 6.07) is 9.85. The van der Waals surface area contributed by atoms with Crippen molar-refractivity contribution in [3.8, 4) is 0 Å². The molecule has 158 valence electrons. The van der Waals surface area contributed by atoms with Gasteiger partial charge in [0.15, 0.2) is 0 Å². The van der Waals surface area contributed by atoms with Gasteiger partial charge in [-0.1, -0.05) is 37.5 Å². The van der Waals surface area contributed by atoms with Crippen molar-refractivity contribution < 1.29 is 9.59 Å². The lowest BCUT2D eigenvalue weighted by molar-refractivity contribution is -0.136. The van der Waals surface area contributed by atoms with E-state index in [1.807, 2.05) is 40.1 Å². The molecule has 0 bridgehead atoms. The monoisotopic (exact) mass is 398 g/mol. The Labute approximate surface area is 174 Å². The van der Waals surface area contributed by atoms with E-state index in [9.17, 15) is 9.59 Å². The van der Waals surface area contributed by atoms with Gasteiger partial charge in [0, 0.05) is 44.8 Å². The van der Waals surface area contributed by atoms with Gasteiger partial charge in [-0.25, -0.2) is 0 Å². The van der Waals surface area contributed by atoms with E-state index in [0.717, 1.165) is 44.6 Å². The first-order valence-corrected chi connectivity index (χ1v) is 11.2. The van der Waals surface area contributed by atoms with Gasteiger partial charge in [-0.3, -0.25) is 14.5 Å². The van der Waals surface area contributed by atoms with Crippen molar-refractivity contribution in [1.29, 1.82) is 0 Å². The molecule has 2 saturated heterocycles. The number of anilines is 1. The second kappa shape index (κ2) is 8.84. The molecule has 1 unspecified atom stereocenters. The van der Waals surface area contributed by atoms with Crippen molar-refractivity contribution in [3.63, 3.8) is 0 Å². The maximum absolute atomic E-state index is 13.0. The number of nitrogens with two attached hydrogens (primary N) is 1. The van der Waals surface area contributed by atoms with Gasteiger partial charge in [-0.2, -0.15) is 0 Å². The van der Waals surface area contributed by atoms with Crippen molar-refractivity contribution in [3.05, 3.63) is 30.3 Å². The second-order valence-corrected chi connectivity index (χ2v) is 8.99. The first kappa shape index (κ1) is 20.4. The topological polar surface area (TPSA) is 69.9 Å². The van der Waals surface area contributed by atoms with Crippen LogP contribution < -0.4 is 10.6 Å². The third-order valence-electron chi connectivity index (χ3n) is 7.23. The highest BCUT2D eigenvalue weighted by molar-refractivity contribution is 5.99. The smallest absolute Gasteiger partial charge is 0.244 e. The quantitative estimate of drug-likeness (QED) is 0.826. The Balaban J connectivity index is 1.30. The average Bonchev–Trinajstić information content (AvgIpc) is 3.16. The van der Waals surface area contributed by atoms with Crippen LogP contribution in [0.5, 0.6) is 0 Å². The number of benzene rings is 1. The van der Waals surface area contributed by atoms with Gasteiger partial charge in [0.25, 0.3) is 0 Å². The first-order valence-electron chi connectivity index (χ1n) is 11.2. The third-order valence-corrected chi connectivity index (χ3v) is 7.23. The Kier molecular flexibility index (Phi) is 6.20. The molecule has 6 nitrogen and oxygen atoms in total. The number of rotatable bonds is 5.